The highest BCUT2D eigenvalue weighted by molar-refractivity contribution is 7.90. The van der Waals surface area contributed by atoms with Crippen molar-refractivity contribution < 1.29 is 18.3 Å². The van der Waals surface area contributed by atoms with E-state index in [4.69, 9.17) is 16.7 Å². The summed E-state index contributed by atoms with van der Waals surface area (Å²) in [6.07, 6.45) is 2.39. The number of nitrogens with zero attached hydrogens (tertiary/aromatic N) is 2. The molecule has 1 aliphatic heterocycles. The van der Waals surface area contributed by atoms with E-state index in [1.807, 2.05) is 0 Å². The summed E-state index contributed by atoms with van der Waals surface area (Å²) in [6.45, 7) is 0.0162. The molecular formula is C10H11ClN4O4S. The van der Waals surface area contributed by atoms with Crippen LogP contribution in [0.15, 0.2) is 22.1 Å². The Balaban J connectivity index is 2.53. The monoisotopic (exact) mass is 318 g/mol. The molecule has 0 saturated carbocycles. The molecule has 1 aliphatic rings. The van der Waals surface area contributed by atoms with Gasteiger partial charge in [-0.1, -0.05) is 11.6 Å². The molecule has 0 bridgehead atoms. The molecule has 108 valence electrons. The lowest BCUT2D eigenvalue weighted by atomic mass is 10.1. The molecule has 0 spiro atoms. The van der Waals surface area contributed by atoms with Gasteiger partial charge in [0, 0.05) is 11.8 Å². The van der Waals surface area contributed by atoms with E-state index in [9.17, 15) is 13.2 Å². The van der Waals surface area contributed by atoms with Crippen molar-refractivity contribution in [1.82, 2.24) is 16.1 Å². The summed E-state index contributed by atoms with van der Waals surface area (Å²) in [5.74, 6) is -1.23. The normalized spacial score (nSPS) is 14.9. The van der Waals surface area contributed by atoms with E-state index in [1.165, 1.54) is 23.6 Å². The van der Waals surface area contributed by atoms with Crippen LogP contribution in [0.1, 0.15) is 15.9 Å². The fraction of sp³-hybridized carbons (Fsp3) is 0.200. The number of carboxylic acids is 1. The van der Waals surface area contributed by atoms with Crippen molar-refractivity contribution in [2.24, 2.45) is 5.10 Å². The maximum absolute atomic E-state index is 11.8. The Morgan fingerprint density at radius 3 is 2.70 bits per heavy atom. The highest BCUT2D eigenvalue weighted by Crippen LogP contribution is 2.29. The molecule has 1 aromatic carbocycles. The first kappa shape index (κ1) is 14.6. The highest BCUT2D eigenvalue weighted by Gasteiger charge is 2.23. The zero-order chi connectivity index (χ0) is 14.9. The minimum atomic E-state index is -3.54. The van der Waals surface area contributed by atoms with Crippen LogP contribution in [0.25, 0.3) is 0 Å². The summed E-state index contributed by atoms with van der Waals surface area (Å²) in [6, 6.07) is 2.41. The summed E-state index contributed by atoms with van der Waals surface area (Å²) in [4.78, 5) is 11.0. The largest absolute Gasteiger partial charge is 0.478 e. The van der Waals surface area contributed by atoms with Gasteiger partial charge >= 0.3 is 5.97 Å². The van der Waals surface area contributed by atoms with Crippen LogP contribution in [-0.4, -0.2) is 37.2 Å². The predicted octanol–water partition coefficient (Wildman–Crippen LogP) is 0.210. The SMILES string of the molecule is CS(=O)(=O)c1ccc(C(=O)O)c(Cl)c1CN1NC=NN1. The molecule has 8 nitrogen and oxygen atoms in total. The van der Waals surface area contributed by atoms with Crippen LogP contribution in [0.2, 0.25) is 5.02 Å². The van der Waals surface area contributed by atoms with Gasteiger partial charge in [0.1, 0.15) is 6.34 Å². The number of carbonyl (C=O) groups is 1. The van der Waals surface area contributed by atoms with E-state index in [2.05, 4.69) is 16.1 Å². The fourth-order valence-corrected chi connectivity index (χ4v) is 3.02. The zero-order valence-electron chi connectivity index (χ0n) is 10.3. The quantitative estimate of drug-likeness (QED) is 0.727. The number of hydrazine groups is 2. The molecule has 3 N–H and O–H groups in total. The maximum atomic E-state index is 11.8. The molecule has 0 fully saturated rings. The van der Waals surface area contributed by atoms with Gasteiger partial charge in [-0.15, -0.1) is 5.12 Å². The van der Waals surface area contributed by atoms with Crippen LogP contribution < -0.4 is 11.0 Å². The lowest BCUT2D eigenvalue weighted by Gasteiger charge is -2.18. The third-order valence-corrected chi connectivity index (χ3v) is 4.22. The number of hydrogen-bond acceptors (Lipinski definition) is 7. The van der Waals surface area contributed by atoms with Crippen LogP contribution in [0.3, 0.4) is 0 Å². The fourth-order valence-electron chi connectivity index (χ4n) is 1.73. The van der Waals surface area contributed by atoms with Crippen molar-refractivity contribution in [1.29, 1.82) is 0 Å². The lowest BCUT2D eigenvalue weighted by Crippen LogP contribution is -2.38. The first-order valence-corrected chi connectivity index (χ1v) is 7.63. The Morgan fingerprint density at radius 1 is 1.50 bits per heavy atom. The maximum Gasteiger partial charge on any atom is 0.337 e. The van der Waals surface area contributed by atoms with Gasteiger partial charge in [-0.3, -0.25) is 5.43 Å². The average Bonchev–Trinajstić information content (AvgIpc) is 2.82. The number of halogens is 1. The van der Waals surface area contributed by atoms with Gasteiger partial charge in [-0.25, -0.2) is 18.7 Å². The van der Waals surface area contributed by atoms with Crippen molar-refractivity contribution in [2.75, 3.05) is 6.26 Å². The summed E-state index contributed by atoms with van der Waals surface area (Å²) < 4.78 is 23.5. The first-order valence-electron chi connectivity index (χ1n) is 5.36. The van der Waals surface area contributed by atoms with Gasteiger partial charge in [-0.05, 0) is 12.1 Å². The van der Waals surface area contributed by atoms with E-state index in [-0.39, 0.29) is 27.6 Å². The first-order chi connectivity index (χ1) is 9.30. The molecule has 2 rings (SSSR count). The smallest absolute Gasteiger partial charge is 0.337 e. The van der Waals surface area contributed by atoms with Gasteiger partial charge in [-0.2, -0.15) is 5.10 Å². The molecule has 0 radical (unpaired) electrons. The summed E-state index contributed by atoms with van der Waals surface area (Å²) >= 11 is 6.03. The van der Waals surface area contributed by atoms with E-state index in [1.54, 1.807) is 0 Å². The van der Waals surface area contributed by atoms with Crippen LogP contribution in [-0.2, 0) is 16.4 Å². The van der Waals surface area contributed by atoms with Gasteiger partial charge < -0.3 is 5.11 Å². The molecule has 1 heterocycles. The molecule has 20 heavy (non-hydrogen) atoms. The van der Waals surface area contributed by atoms with E-state index in [0.717, 1.165) is 6.26 Å². The minimum absolute atomic E-state index is 0.0162. The number of hydrazone groups is 1. The number of carboxylic acid groups (broad SMARTS) is 1. The van der Waals surface area contributed by atoms with Gasteiger partial charge in [0.15, 0.2) is 9.84 Å². The number of aromatic carboxylic acids is 1. The number of benzene rings is 1. The molecular weight excluding hydrogens is 308 g/mol. The Hall–Kier alpha value is -1.84. The van der Waals surface area contributed by atoms with Gasteiger partial charge in [0.25, 0.3) is 0 Å². The van der Waals surface area contributed by atoms with Crippen LogP contribution in [0.5, 0.6) is 0 Å². The Morgan fingerprint density at radius 2 is 2.20 bits per heavy atom. The zero-order valence-corrected chi connectivity index (χ0v) is 11.9. The van der Waals surface area contributed by atoms with Gasteiger partial charge in [0.05, 0.1) is 22.0 Å². The number of rotatable bonds is 4. The van der Waals surface area contributed by atoms with Crippen LogP contribution in [0.4, 0.5) is 0 Å². The summed E-state index contributed by atoms with van der Waals surface area (Å²) in [5.41, 5.74) is 5.26. The molecule has 0 unspecified atom stereocenters. The summed E-state index contributed by atoms with van der Waals surface area (Å²) in [5, 5.41) is 14.0. The summed E-state index contributed by atoms with van der Waals surface area (Å²) in [7, 11) is -3.54. The number of sulfone groups is 1. The number of hydrogen-bond donors (Lipinski definition) is 3. The standard InChI is InChI=1S/C10H11ClN4O4S/c1-20(18,19)8-3-2-6(10(16)17)9(11)7(8)4-15-13-5-12-14-15/h2-3,5,14H,4H2,1H3,(H,12,13)(H,16,17). The highest BCUT2D eigenvalue weighted by atomic mass is 35.5. The second-order valence-corrected chi connectivity index (χ2v) is 6.42. The second-order valence-electron chi connectivity index (χ2n) is 4.05. The average molecular weight is 319 g/mol. The van der Waals surface area contributed by atoms with Gasteiger partial charge in [0.2, 0.25) is 0 Å². The molecule has 0 aliphatic carbocycles. The topological polar surface area (TPSA) is 111 Å². The van der Waals surface area contributed by atoms with Crippen molar-refractivity contribution in [3.8, 4) is 0 Å². The lowest BCUT2D eigenvalue weighted by molar-refractivity contribution is 0.0696. The molecule has 1 aromatic rings. The number of nitrogens with one attached hydrogen (secondary N) is 2. The van der Waals surface area contributed by atoms with E-state index < -0.39 is 15.8 Å². The molecule has 0 amide bonds. The molecule has 0 saturated heterocycles. The van der Waals surface area contributed by atoms with Crippen molar-refractivity contribution in [2.45, 2.75) is 11.4 Å². The molecule has 0 aromatic heterocycles. The molecule has 0 atom stereocenters. The minimum Gasteiger partial charge on any atom is -0.478 e. The van der Waals surface area contributed by atoms with E-state index >= 15 is 0 Å². The van der Waals surface area contributed by atoms with E-state index in [0.29, 0.717) is 0 Å². The van der Waals surface area contributed by atoms with Crippen LogP contribution >= 0.6 is 11.6 Å². The predicted molar refractivity (Wildman–Crippen MR) is 71.8 cm³/mol. The third kappa shape index (κ3) is 2.84. The third-order valence-electron chi connectivity index (χ3n) is 2.60. The molecule has 10 heteroatoms. The van der Waals surface area contributed by atoms with Crippen molar-refractivity contribution in [3.63, 3.8) is 0 Å². The van der Waals surface area contributed by atoms with Crippen LogP contribution in [0, 0.1) is 0 Å². The Kier molecular flexibility index (Phi) is 3.84. The van der Waals surface area contributed by atoms with Crippen molar-refractivity contribution >= 4 is 33.7 Å². The Labute approximate surface area is 119 Å². The second kappa shape index (κ2) is 5.27. The Bertz CT molecular complexity index is 681. The van der Waals surface area contributed by atoms with Crippen molar-refractivity contribution in [3.05, 3.63) is 28.3 Å².